The molecule has 0 amide bonds. The molecular weight excluding hydrogens is 230 g/mol. The van der Waals surface area contributed by atoms with Crippen LogP contribution in [0, 0.1) is 0 Å². The molecule has 0 aromatic carbocycles. The van der Waals surface area contributed by atoms with Crippen molar-refractivity contribution < 1.29 is 4.74 Å². The zero-order valence-electron chi connectivity index (χ0n) is 10.9. The number of anilines is 1. The molecule has 6 nitrogen and oxygen atoms in total. The van der Waals surface area contributed by atoms with Gasteiger partial charge in [-0.1, -0.05) is 0 Å². The summed E-state index contributed by atoms with van der Waals surface area (Å²) in [5.41, 5.74) is 0. The Bertz CT molecular complexity index is 388. The number of aromatic nitrogens is 3. The maximum atomic E-state index is 5.50. The maximum Gasteiger partial charge on any atom is 0.244 e. The van der Waals surface area contributed by atoms with E-state index in [0.717, 1.165) is 57.5 Å². The molecule has 1 aromatic heterocycles. The van der Waals surface area contributed by atoms with Crippen LogP contribution >= 0.6 is 0 Å². The van der Waals surface area contributed by atoms with Gasteiger partial charge in [-0.05, 0) is 19.8 Å². The van der Waals surface area contributed by atoms with Crippen LogP contribution in [0.1, 0.15) is 31.5 Å². The molecule has 0 radical (unpaired) electrons. The lowest BCUT2D eigenvalue weighted by molar-refractivity contribution is 0.0781. The number of hydrogen-bond acceptors (Lipinski definition) is 5. The Morgan fingerprint density at radius 2 is 2.39 bits per heavy atom. The predicted molar refractivity (Wildman–Crippen MR) is 68.9 cm³/mol. The summed E-state index contributed by atoms with van der Waals surface area (Å²) in [4.78, 5) is 6.88. The molecule has 0 bridgehead atoms. The third kappa shape index (κ3) is 2.49. The molecule has 100 valence electrons. The van der Waals surface area contributed by atoms with Gasteiger partial charge >= 0.3 is 0 Å². The third-order valence-electron chi connectivity index (χ3n) is 3.69. The molecule has 2 aliphatic rings. The van der Waals surface area contributed by atoms with Gasteiger partial charge in [0.05, 0.1) is 6.61 Å². The van der Waals surface area contributed by atoms with Crippen LogP contribution in [0.15, 0.2) is 0 Å². The second kappa shape index (κ2) is 5.24. The minimum Gasteiger partial charge on any atom is -0.381 e. The highest BCUT2D eigenvalue weighted by molar-refractivity contribution is 5.30. The molecule has 3 rings (SSSR count). The first kappa shape index (κ1) is 11.9. The molecule has 18 heavy (non-hydrogen) atoms. The maximum absolute atomic E-state index is 5.50. The van der Waals surface area contributed by atoms with Gasteiger partial charge < -0.3 is 15.0 Å². The van der Waals surface area contributed by atoms with Crippen LogP contribution in [-0.4, -0.2) is 54.1 Å². The van der Waals surface area contributed by atoms with E-state index in [9.17, 15) is 0 Å². The van der Waals surface area contributed by atoms with Crippen molar-refractivity contribution >= 4 is 5.95 Å². The first-order chi connectivity index (χ1) is 8.83. The molecule has 3 heterocycles. The molecule has 2 N–H and O–H groups in total. The van der Waals surface area contributed by atoms with Crippen LogP contribution in [0.2, 0.25) is 0 Å². The Labute approximate surface area is 107 Å². The largest absolute Gasteiger partial charge is 0.381 e. The molecule has 1 aromatic rings. The second-order valence-corrected chi connectivity index (χ2v) is 5.24. The molecule has 2 atom stereocenters. The van der Waals surface area contributed by atoms with Gasteiger partial charge in [0.25, 0.3) is 0 Å². The van der Waals surface area contributed by atoms with E-state index < -0.39 is 0 Å². The normalized spacial score (nSPS) is 29.5. The summed E-state index contributed by atoms with van der Waals surface area (Å²) in [6.45, 7) is 6.78. The van der Waals surface area contributed by atoms with Crippen molar-refractivity contribution in [1.82, 2.24) is 20.5 Å². The molecule has 2 aliphatic heterocycles. The number of aromatic amines is 1. The summed E-state index contributed by atoms with van der Waals surface area (Å²) in [5, 5.41) is 10.9. The number of nitrogens with one attached hydrogen (secondary N) is 2. The van der Waals surface area contributed by atoms with Crippen molar-refractivity contribution in [1.29, 1.82) is 0 Å². The average Bonchev–Trinajstić information content (AvgIpc) is 2.89. The Balaban J connectivity index is 1.68. The summed E-state index contributed by atoms with van der Waals surface area (Å²) in [6.07, 6.45) is 2.26. The highest BCUT2D eigenvalue weighted by Gasteiger charge is 2.23. The number of H-pyrrole nitrogens is 1. The highest BCUT2D eigenvalue weighted by atomic mass is 16.5. The van der Waals surface area contributed by atoms with Gasteiger partial charge in [0.1, 0.15) is 5.82 Å². The van der Waals surface area contributed by atoms with E-state index in [1.54, 1.807) is 0 Å². The Morgan fingerprint density at radius 3 is 3.17 bits per heavy atom. The predicted octanol–water partition coefficient (Wildman–Crippen LogP) is 0.497. The third-order valence-corrected chi connectivity index (χ3v) is 3.69. The van der Waals surface area contributed by atoms with E-state index in [1.165, 1.54) is 0 Å². The summed E-state index contributed by atoms with van der Waals surface area (Å²) in [5.74, 6) is 2.21. The topological polar surface area (TPSA) is 66.1 Å². The molecule has 0 aliphatic carbocycles. The number of ether oxygens (including phenoxy) is 1. The van der Waals surface area contributed by atoms with Gasteiger partial charge in [0.15, 0.2) is 0 Å². The fourth-order valence-electron chi connectivity index (χ4n) is 2.66. The van der Waals surface area contributed by atoms with Crippen molar-refractivity contribution in [3.8, 4) is 0 Å². The van der Waals surface area contributed by atoms with Crippen LogP contribution in [0.25, 0.3) is 0 Å². The number of hydrogen-bond donors (Lipinski definition) is 2. The fourth-order valence-corrected chi connectivity index (χ4v) is 2.66. The zero-order valence-corrected chi connectivity index (χ0v) is 10.9. The van der Waals surface area contributed by atoms with Crippen molar-refractivity contribution in [2.24, 2.45) is 0 Å². The van der Waals surface area contributed by atoms with Gasteiger partial charge in [-0.3, -0.25) is 5.10 Å². The van der Waals surface area contributed by atoms with E-state index in [0.29, 0.717) is 12.0 Å². The summed E-state index contributed by atoms with van der Waals surface area (Å²) in [7, 11) is 0. The highest BCUT2D eigenvalue weighted by Crippen LogP contribution is 2.23. The average molecular weight is 251 g/mol. The fraction of sp³-hybridized carbons (Fsp3) is 0.833. The molecular formula is C12H21N5O. The van der Waals surface area contributed by atoms with Gasteiger partial charge in [0, 0.05) is 38.2 Å². The molecule has 0 spiro atoms. The van der Waals surface area contributed by atoms with Gasteiger partial charge in [-0.25, -0.2) is 0 Å². The first-order valence-electron chi connectivity index (χ1n) is 6.81. The van der Waals surface area contributed by atoms with Gasteiger partial charge in [-0.15, -0.1) is 5.10 Å². The van der Waals surface area contributed by atoms with E-state index in [1.807, 2.05) is 0 Å². The van der Waals surface area contributed by atoms with E-state index in [-0.39, 0.29) is 0 Å². The van der Waals surface area contributed by atoms with Crippen LogP contribution in [0.4, 0.5) is 5.95 Å². The van der Waals surface area contributed by atoms with Crippen LogP contribution in [0.3, 0.4) is 0 Å². The Morgan fingerprint density at radius 1 is 1.44 bits per heavy atom. The molecule has 2 fully saturated rings. The van der Waals surface area contributed by atoms with E-state index in [4.69, 9.17) is 4.74 Å². The lowest BCUT2D eigenvalue weighted by Gasteiger charge is -2.30. The Hall–Kier alpha value is -1.14. The molecule has 0 saturated carbocycles. The van der Waals surface area contributed by atoms with Crippen molar-refractivity contribution in [3.05, 3.63) is 5.82 Å². The standard InChI is InChI=1S/C12H21N5O/c1-9-7-17(5-4-13-9)12-14-11(15-16-12)10-3-2-6-18-8-10/h9-10,13H,2-8H2,1H3,(H,14,15,16). The minimum absolute atomic E-state index is 0.389. The summed E-state index contributed by atoms with van der Waals surface area (Å²) < 4.78 is 5.50. The lowest BCUT2D eigenvalue weighted by Crippen LogP contribution is -2.49. The molecule has 2 saturated heterocycles. The smallest absolute Gasteiger partial charge is 0.244 e. The number of nitrogens with zero attached hydrogens (tertiary/aromatic N) is 3. The van der Waals surface area contributed by atoms with Gasteiger partial charge in [-0.2, -0.15) is 4.98 Å². The van der Waals surface area contributed by atoms with Gasteiger partial charge in [0.2, 0.25) is 5.95 Å². The quantitative estimate of drug-likeness (QED) is 0.801. The van der Waals surface area contributed by atoms with Crippen LogP contribution in [0.5, 0.6) is 0 Å². The monoisotopic (exact) mass is 251 g/mol. The number of rotatable bonds is 2. The summed E-state index contributed by atoms with van der Waals surface area (Å²) >= 11 is 0. The van der Waals surface area contributed by atoms with Crippen LogP contribution in [-0.2, 0) is 4.74 Å². The minimum atomic E-state index is 0.389. The summed E-state index contributed by atoms with van der Waals surface area (Å²) in [6, 6.07) is 0.499. The van der Waals surface area contributed by atoms with E-state index in [2.05, 4.69) is 32.3 Å². The lowest BCUT2D eigenvalue weighted by atomic mass is 10.0. The first-order valence-corrected chi connectivity index (χ1v) is 6.81. The molecule has 6 heteroatoms. The van der Waals surface area contributed by atoms with E-state index >= 15 is 0 Å². The number of piperazine rings is 1. The zero-order chi connectivity index (χ0) is 12.4. The van der Waals surface area contributed by atoms with Crippen molar-refractivity contribution in [3.63, 3.8) is 0 Å². The SMILES string of the molecule is CC1CN(c2n[nH]c(C3CCCOC3)n2)CCN1. The van der Waals surface area contributed by atoms with Crippen LogP contribution < -0.4 is 10.2 Å². The van der Waals surface area contributed by atoms with Crippen molar-refractivity contribution in [2.45, 2.75) is 31.7 Å². The second-order valence-electron chi connectivity index (χ2n) is 5.24. The van der Waals surface area contributed by atoms with Crippen molar-refractivity contribution in [2.75, 3.05) is 37.7 Å². The Kier molecular flexibility index (Phi) is 3.47. The molecule has 2 unspecified atom stereocenters.